The van der Waals surface area contributed by atoms with Crippen LogP contribution >= 0.6 is 0 Å². The average Bonchev–Trinajstić information content (AvgIpc) is 2.50. The third-order valence-corrected chi connectivity index (χ3v) is 4.13. The van der Waals surface area contributed by atoms with Crippen LogP contribution in [-0.4, -0.2) is 23.0 Å². The number of nitrogens with one attached hydrogen (secondary N) is 1. The molecular weight excluding hydrogens is 196 g/mol. The lowest BCUT2D eigenvalue weighted by Gasteiger charge is -2.27. The Kier molecular flexibility index (Phi) is 2.19. The fourth-order valence-electron chi connectivity index (χ4n) is 3.03. The maximum absolute atomic E-state index is 3.71. The number of piperidine rings is 1. The number of hydrogen-bond acceptors (Lipinski definition) is 1. The number of H-pyrrole nitrogens is 1. The van der Waals surface area contributed by atoms with Crippen molar-refractivity contribution >= 4 is 0 Å². The number of hydrogen-bond donors (Lipinski definition) is 1. The quantitative estimate of drug-likeness (QED) is 0.709. The van der Waals surface area contributed by atoms with Gasteiger partial charge in [-0.3, -0.25) is 4.90 Å². The molecule has 0 aliphatic carbocycles. The van der Waals surface area contributed by atoms with Gasteiger partial charge in [-0.2, -0.15) is 0 Å². The van der Waals surface area contributed by atoms with Gasteiger partial charge in [0, 0.05) is 29.3 Å². The Labute approximate surface area is 98.0 Å². The average molecular weight is 218 g/mol. The first kappa shape index (κ1) is 10.4. The molecule has 16 heavy (non-hydrogen) atoms. The van der Waals surface area contributed by atoms with Crippen LogP contribution in [0.1, 0.15) is 56.5 Å². The first-order valence-electron chi connectivity index (χ1n) is 6.48. The van der Waals surface area contributed by atoms with E-state index in [2.05, 4.69) is 36.7 Å². The highest BCUT2D eigenvalue weighted by atomic mass is 15.1. The molecule has 88 valence electrons. The summed E-state index contributed by atoms with van der Waals surface area (Å²) in [6, 6.07) is 2.41. The van der Waals surface area contributed by atoms with Crippen LogP contribution in [0.25, 0.3) is 0 Å². The SMILES string of the molecule is CC(C)(C)c1cc2c([nH]1)C1CCN(CC1)C2. The van der Waals surface area contributed by atoms with Crippen molar-refractivity contribution in [1.29, 1.82) is 0 Å². The van der Waals surface area contributed by atoms with Gasteiger partial charge in [-0.25, -0.2) is 0 Å². The number of nitrogens with zero attached hydrogens (tertiary/aromatic N) is 1. The van der Waals surface area contributed by atoms with Gasteiger partial charge in [0.05, 0.1) is 0 Å². The lowest BCUT2D eigenvalue weighted by atomic mass is 9.92. The summed E-state index contributed by atoms with van der Waals surface area (Å²) in [5.74, 6) is 0.796. The van der Waals surface area contributed by atoms with Gasteiger partial charge in [-0.15, -0.1) is 0 Å². The second-order valence-corrected chi connectivity index (χ2v) is 6.42. The molecule has 0 spiro atoms. The highest BCUT2D eigenvalue weighted by Gasteiger charge is 2.30. The van der Waals surface area contributed by atoms with Crippen molar-refractivity contribution in [1.82, 2.24) is 9.88 Å². The maximum Gasteiger partial charge on any atom is 0.0251 e. The molecule has 4 heterocycles. The molecule has 1 N–H and O–H groups in total. The summed E-state index contributed by atoms with van der Waals surface area (Å²) < 4.78 is 0. The van der Waals surface area contributed by atoms with Crippen LogP contribution in [-0.2, 0) is 12.0 Å². The number of fused-ring (bicyclic) bond motifs is 2. The Balaban J connectivity index is 2.02. The number of rotatable bonds is 0. The van der Waals surface area contributed by atoms with Gasteiger partial charge in [-0.1, -0.05) is 20.8 Å². The van der Waals surface area contributed by atoms with Crippen molar-refractivity contribution in [2.45, 2.75) is 51.5 Å². The first-order chi connectivity index (χ1) is 7.54. The molecule has 2 bridgehead atoms. The van der Waals surface area contributed by atoms with Crippen molar-refractivity contribution in [3.8, 4) is 0 Å². The number of aromatic nitrogens is 1. The van der Waals surface area contributed by atoms with Crippen LogP contribution in [0.5, 0.6) is 0 Å². The second kappa shape index (κ2) is 3.36. The van der Waals surface area contributed by atoms with E-state index >= 15 is 0 Å². The van der Waals surface area contributed by atoms with E-state index in [4.69, 9.17) is 0 Å². The van der Waals surface area contributed by atoms with Crippen LogP contribution in [0, 0.1) is 0 Å². The van der Waals surface area contributed by atoms with E-state index in [9.17, 15) is 0 Å². The van der Waals surface area contributed by atoms with E-state index < -0.39 is 0 Å². The van der Waals surface area contributed by atoms with Gasteiger partial charge in [0.2, 0.25) is 0 Å². The maximum atomic E-state index is 3.71. The molecule has 1 fully saturated rings. The Bertz CT molecular complexity index is 389. The normalized spacial score (nSPS) is 28.9. The molecule has 1 aromatic rings. The molecule has 0 amide bonds. The standard InChI is InChI=1S/C14H22N2/c1-14(2,3)12-8-11-9-16-6-4-10(5-7-16)13(11)15-12/h8,10,15H,4-7,9H2,1-3H3. The van der Waals surface area contributed by atoms with Gasteiger partial charge >= 0.3 is 0 Å². The lowest BCUT2D eigenvalue weighted by molar-refractivity contribution is 0.219. The number of aromatic amines is 1. The van der Waals surface area contributed by atoms with Crippen molar-refractivity contribution in [3.05, 3.63) is 23.0 Å². The van der Waals surface area contributed by atoms with Crippen LogP contribution in [0.2, 0.25) is 0 Å². The molecule has 2 heteroatoms. The van der Waals surface area contributed by atoms with Gasteiger partial charge in [-0.05, 0) is 37.6 Å². The molecule has 0 aromatic carbocycles. The largest absolute Gasteiger partial charge is 0.361 e. The predicted molar refractivity (Wildman–Crippen MR) is 66.7 cm³/mol. The third kappa shape index (κ3) is 1.60. The van der Waals surface area contributed by atoms with E-state index in [0.717, 1.165) is 5.92 Å². The topological polar surface area (TPSA) is 19.0 Å². The second-order valence-electron chi connectivity index (χ2n) is 6.42. The summed E-state index contributed by atoms with van der Waals surface area (Å²) in [6.45, 7) is 10.6. The summed E-state index contributed by atoms with van der Waals surface area (Å²) in [5.41, 5.74) is 4.77. The van der Waals surface area contributed by atoms with Crippen LogP contribution in [0.3, 0.4) is 0 Å². The van der Waals surface area contributed by atoms with Crippen LogP contribution in [0.15, 0.2) is 6.07 Å². The van der Waals surface area contributed by atoms with Gasteiger partial charge in [0.1, 0.15) is 0 Å². The fourth-order valence-corrected chi connectivity index (χ4v) is 3.03. The zero-order valence-electron chi connectivity index (χ0n) is 10.6. The van der Waals surface area contributed by atoms with Crippen molar-refractivity contribution in [3.63, 3.8) is 0 Å². The molecule has 3 aliphatic heterocycles. The zero-order chi connectivity index (χ0) is 11.3. The predicted octanol–water partition coefficient (Wildman–Crippen LogP) is 3.01. The minimum absolute atomic E-state index is 0.251. The van der Waals surface area contributed by atoms with E-state index in [1.165, 1.54) is 38.2 Å². The Hall–Kier alpha value is -0.760. The molecule has 1 saturated heterocycles. The van der Waals surface area contributed by atoms with Crippen LogP contribution < -0.4 is 0 Å². The summed E-state index contributed by atoms with van der Waals surface area (Å²) in [4.78, 5) is 6.31. The van der Waals surface area contributed by atoms with Gasteiger partial charge < -0.3 is 4.98 Å². The van der Waals surface area contributed by atoms with Crippen molar-refractivity contribution in [2.75, 3.05) is 13.1 Å². The first-order valence-corrected chi connectivity index (χ1v) is 6.48. The molecule has 0 unspecified atom stereocenters. The molecule has 4 rings (SSSR count). The molecule has 2 nitrogen and oxygen atoms in total. The molecule has 3 aliphatic rings. The summed E-state index contributed by atoms with van der Waals surface area (Å²) >= 11 is 0. The Morgan fingerprint density at radius 3 is 2.56 bits per heavy atom. The summed E-state index contributed by atoms with van der Waals surface area (Å²) in [6.07, 6.45) is 2.69. The Morgan fingerprint density at radius 2 is 1.94 bits per heavy atom. The highest BCUT2D eigenvalue weighted by Crippen LogP contribution is 2.37. The summed E-state index contributed by atoms with van der Waals surface area (Å²) in [5, 5.41) is 0. The molecule has 1 aromatic heterocycles. The zero-order valence-corrected chi connectivity index (χ0v) is 10.6. The molecule has 0 radical (unpaired) electrons. The Morgan fingerprint density at radius 1 is 1.25 bits per heavy atom. The van der Waals surface area contributed by atoms with E-state index in [1.807, 2.05) is 0 Å². The van der Waals surface area contributed by atoms with E-state index in [0.29, 0.717) is 0 Å². The molecular formula is C14H22N2. The van der Waals surface area contributed by atoms with Gasteiger partial charge in [0.25, 0.3) is 0 Å². The van der Waals surface area contributed by atoms with Gasteiger partial charge in [0.15, 0.2) is 0 Å². The smallest absolute Gasteiger partial charge is 0.0251 e. The lowest BCUT2D eigenvalue weighted by Crippen LogP contribution is -2.29. The van der Waals surface area contributed by atoms with E-state index in [-0.39, 0.29) is 5.41 Å². The summed E-state index contributed by atoms with van der Waals surface area (Å²) in [7, 11) is 0. The fraction of sp³-hybridized carbons (Fsp3) is 0.714. The highest BCUT2D eigenvalue weighted by molar-refractivity contribution is 5.33. The van der Waals surface area contributed by atoms with Crippen molar-refractivity contribution < 1.29 is 0 Å². The molecule has 0 saturated carbocycles. The molecule has 0 atom stereocenters. The minimum atomic E-state index is 0.251. The van der Waals surface area contributed by atoms with Crippen molar-refractivity contribution in [2.24, 2.45) is 0 Å². The third-order valence-electron chi connectivity index (χ3n) is 4.13. The van der Waals surface area contributed by atoms with Crippen LogP contribution in [0.4, 0.5) is 0 Å². The monoisotopic (exact) mass is 218 g/mol. The minimum Gasteiger partial charge on any atom is -0.361 e. The van der Waals surface area contributed by atoms with E-state index in [1.54, 1.807) is 11.3 Å².